The highest BCUT2D eigenvalue weighted by atomic mass is 16.5. The molecule has 168 valence electrons. The van der Waals surface area contributed by atoms with Gasteiger partial charge >= 0.3 is 0 Å². The number of aromatic nitrogens is 2. The van der Waals surface area contributed by atoms with E-state index in [4.69, 9.17) is 14.6 Å². The molecule has 2 heterocycles. The Bertz CT molecular complexity index is 1200. The van der Waals surface area contributed by atoms with Crippen molar-refractivity contribution in [2.24, 2.45) is 0 Å². The summed E-state index contributed by atoms with van der Waals surface area (Å²) >= 11 is 0. The molecule has 2 aromatic carbocycles. The lowest BCUT2D eigenvalue weighted by Gasteiger charge is -2.10. The molecule has 1 atom stereocenters. The van der Waals surface area contributed by atoms with Gasteiger partial charge in [-0.25, -0.2) is 4.68 Å². The molecule has 1 saturated heterocycles. The first kappa shape index (κ1) is 22.3. The van der Waals surface area contributed by atoms with Crippen LogP contribution in [0.25, 0.3) is 23.0 Å². The zero-order valence-corrected chi connectivity index (χ0v) is 18.7. The van der Waals surface area contributed by atoms with Crippen molar-refractivity contribution in [3.05, 3.63) is 71.4 Å². The van der Waals surface area contributed by atoms with Crippen molar-refractivity contribution in [3.8, 4) is 28.8 Å². The summed E-state index contributed by atoms with van der Waals surface area (Å²) in [6, 6.07) is 17.5. The second kappa shape index (κ2) is 10.2. The average Bonchev–Trinajstić information content (AvgIpc) is 3.51. The zero-order chi connectivity index (χ0) is 23.2. The predicted octanol–water partition coefficient (Wildman–Crippen LogP) is 4.06. The van der Waals surface area contributed by atoms with Gasteiger partial charge in [-0.05, 0) is 61.7 Å². The number of benzene rings is 2. The molecule has 1 aromatic heterocycles. The van der Waals surface area contributed by atoms with Gasteiger partial charge in [-0.3, -0.25) is 4.79 Å². The van der Waals surface area contributed by atoms with Crippen LogP contribution in [0.4, 0.5) is 0 Å². The molecule has 0 spiro atoms. The van der Waals surface area contributed by atoms with Crippen LogP contribution in [0, 0.1) is 18.3 Å². The van der Waals surface area contributed by atoms with Crippen LogP contribution in [-0.4, -0.2) is 42.1 Å². The summed E-state index contributed by atoms with van der Waals surface area (Å²) in [5, 5.41) is 17.3. The third kappa shape index (κ3) is 5.13. The molecule has 0 saturated carbocycles. The van der Waals surface area contributed by atoms with Crippen LogP contribution < -0.4 is 10.1 Å². The highest BCUT2D eigenvalue weighted by molar-refractivity contribution is 6.02. The molecule has 7 nitrogen and oxygen atoms in total. The quantitative estimate of drug-likeness (QED) is 0.440. The standard InChI is InChI=1S/C26H26N4O3/c1-18-13-19(10-11-24(18)32-2)25-21(17-30(29-25)22-7-4-3-5-8-22)14-20(15-27)26(31)28-16-23-9-6-12-33-23/h3-5,7-8,10-11,13-14,17,23H,6,9,12,16H2,1-2H3,(H,28,31)/b20-14+/t23-/m0/s1. The molecule has 0 bridgehead atoms. The minimum absolute atomic E-state index is 0.00700. The molecular formula is C26H26N4O3. The van der Waals surface area contributed by atoms with Gasteiger partial charge in [0.05, 0.1) is 18.9 Å². The van der Waals surface area contributed by atoms with E-state index in [-0.39, 0.29) is 11.7 Å². The highest BCUT2D eigenvalue weighted by Crippen LogP contribution is 2.29. The second-order valence-electron chi connectivity index (χ2n) is 7.91. The minimum atomic E-state index is -0.419. The van der Waals surface area contributed by atoms with E-state index in [0.717, 1.165) is 35.4 Å². The van der Waals surface area contributed by atoms with Crippen LogP contribution >= 0.6 is 0 Å². The smallest absolute Gasteiger partial charge is 0.262 e. The maximum atomic E-state index is 12.7. The largest absolute Gasteiger partial charge is 0.496 e. The van der Waals surface area contributed by atoms with Crippen LogP contribution in [0.2, 0.25) is 0 Å². The monoisotopic (exact) mass is 442 g/mol. The van der Waals surface area contributed by atoms with E-state index >= 15 is 0 Å². The first-order valence-electron chi connectivity index (χ1n) is 10.9. The number of methoxy groups -OCH3 is 1. The molecule has 1 fully saturated rings. The third-order valence-electron chi connectivity index (χ3n) is 5.61. The first-order chi connectivity index (χ1) is 16.1. The summed E-state index contributed by atoms with van der Waals surface area (Å²) < 4.78 is 12.7. The number of amides is 1. The highest BCUT2D eigenvalue weighted by Gasteiger charge is 2.19. The summed E-state index contributed by atoms with van der Waals surface area (Å²) in [6.07, 6.45) is 5.33. The molecule has 1 aliphatic heterocycles. The molecule has 33 heavy (non-hydrogen) atoms. The van der Waals surface area contributed by atoms with Gasteiger partial charge in [-0.1, -0.05) is 18.2 Å². The number of nitriles is 1. The van der Waals surface area contributed by atoms with Crippen molar-refractivity contribution in [3.63, 3.8) is 0 Å². The number of para-hydroxylation sites is 1. The van der Waals surface area contributed by atoms with E-state index < -0.39 is 5.91 Å². The zero-order valence-electron chi connectivity index (χ0n) is 18.7. The van der Waals surface area contributed by atoms with Gasteiger partial charge in [0.2, 0.25) is 0 Å². The Kier molecular flexibility index (Phi) is 6.86. The Labute approximate surface area is 193 Å². The van der Waals surface area contributed by atoms with Gasteiger partial charge < -0.3 is 14.8 Å². The Morgan fingerprint density at radius 3 is 2.82 bits per heavy atom. The molecular weight excluding hydrogens is 416 g/mol. The third-order valence-corrected chi connectivity index (χ3v) is 5.61. The topological polar surface area (TPSA) is 89.2 Å². The molecule has 0 radical (unpaired) electrons. The van der Waals surface area contributed by atoms with Crippen LogP contribution in [0.5, 0.6) is 5.75 Å². The number of aryl methyl sites for hydroxylation is 1. The van der Waals surface area contributed by atoms with Crippen molar-refractivity contribution in [1.82, 2.24) is 15.1 Å². The van der Waals surface area contributed by atoms with Crippen LogP contribution in [0.1, 0.15) is 24.0 Å². The summed E-state index contributed by atoms with van der Waals surface area (Å²) in [5.74, 6) is 0.363. The van der Waals surface area contributed by atoms with Crippen LogP contribution in [0.15, 0.2) is 60.3 Å². The fourth-order valence-electron chi connectivity index (χ4n) is 3.87. The fraction of sp³-hybridized carbons (Fsp3) is 0.269. The maximum absolute atomic E-state index is 12.7. The SMILES string of the molecule is COc1ccc(-c2nn(-c3ccccc3)cc2/C=C(\C#N)C(=O)NC[C@@H]2CCCO2)cc1C. The van der Waals surface area contributed by atoms with Gasteiger partial charge in [0.15, 0.2) is 0 Å². The molecule has 1 amide bonds. The number of nitrogens with one attached hydrogen (secondary N) is 1. The average molecular weight is 443 g/mol. The van der Waals surface area contributed by atoms with Gasteiger partial charge in [-0.15, -0.1) is 0 Å². The van der Waals surface area contributed by atoms with Crippen molar-refractivity contribution < 1.29 is 14.3 Å². The number of carbonyl (C=O) groups excluding carboxylic acids is 1. The predicted molar refractivity (Wildman–Crippen MR) is 126 cm³/mol. The van der Waals surface area contributed by atoms with Gasteiger partial charge in [0.1, 0.15) is 23.1 Å². The molecule has 0 aliphatic carbocycles. The van der Waals surface area contributed by atoms with E-state index in [0.29, 0.717) is 24.4 Å². The Hall–Kier alpha value is -3.89. The number of hydrogen-bond donors (Lipinski definition) is 1. The Morgan fingerprint density at radius 1 is 1.33 bits per heavy atom. The number of carbonyl (C=O) groups is 1. The number of hydrogen-bond acceptors (Lipinski definition) is 5. The summed E-state index contributed by atoms with van der Waals surface area (Å²) in [7, 11) is 1.63. The Balaban J connectivity index is 1.70. The van der Waals surface area contributed by atoms with E-state index in [1.54, 1.807) is 17.9 Å². The van der Waals surface area contributed by atoms with E-state index in [1.807, 2.05) is 67.7 Å². The van der Waals surface area contributed by atoms with E-state index in [2.05, 4.69) is 5.32 Å². The molecule has 3 aromatic rings. The summed E-state index contributed by atoms with van der Waals surface area (Å²) in [6.45, 7) is 3.07. The normalized spacial score (nSPS) is 15.8. The lowest BCUT2D eigenvalue weighted by molar-refractivity contribution is -0.117. The van der Waals surface area contributed by atoms with Gasteiger partial charge in [-0.2, -0.15) is 10.4 Å². The fourth-order valence-corrected chi connectivity index (χ4v) is 3.87. The van der Waals surface area contributed by atoms with Crippen molar-refractivity contribution in [2.75, 3.05) is 20.3 Å². The number of nitrogens with zero attached hydrogens (tertiary/aromatic N) is 3. The van der Waals surface area contributed by atoms with Crippen molar-refractivity contribution in [1.29, 1.82) is 5.26 Å². The first-order valence-corrected chi connectivity index (χ1v) is 10.9. The van der Waals surface area contributed by atoms with Crippen molar-refractivity contribution >= 4 is 12.0 Å². The molecule has 4 rings (SSSR count). The van der Waals surface area contributed by atoms with Crippen LogP contribution in [0.3, 0.4) is 0 Å². The molecule has 1 aliphatic rings. The maximum Gasteiger partial charge on any atom is 0.262 e. The molecule has 0 unspecified atom stereocenters. The van der Waals surface area contributed by atoms with Crippen molar-refractivity contribution in [2.45, 2.75) is 25.9 Å². The van der Waals surface area contributed by atoms with Gasteiger partial charge in [0, 0.05) is 30.5 Å². The lowest BCUT2D eigenvalue weighted by atomic mass is 10.0. The Morgan fingerprint density at radius 2 is 2.15 bits per heavy atom. The summed E-state index contributed by atoms with van der Waals surface area (Å²) in [4.78, 5) is 12.7. The van der Waals surface area contributed by atoms with Crippen LogP contribution in [-0.2, 0) is 9.53 Å². The minimum Gasteiger partial charge on any atom is -0.496 e. The molecule has 7 heteroatoms. The van der Waals surface area contributed by atoms with E-state index in [1.165, 1.54) is 0 Å². The number of rotatable bonds is 7. The van der Waals surface area contributed by atoms with E-state index in [9.17, 15) is 10.1 Å². The second-order valence-corrected chi connectivity index (χ2v) is 7.91. The number of ether oxygens (including phenoxy) is 2. The van der Waals surface area contributed by atoms with Gasteiger partial charge in [0.25, 0.3) is 5.91 Å². The lowest BCUT2D eigenvalue weighted by Crippen LogP contribution is -2.32. The summed E-state index contributed by atoms with van der Waals surface area (Å²) in [5.41, 5.74) is 4.08. The molecule has 1 N–H and O–H groups in total.